The summed E-state index contributed by atoms with van der Waals surface area (Å²) in [5, 5.41) is 13.9. The van der Waals surface area contributed by atoms with Crippen molar-refractivity contribution in [2.75, 3.05) is 6.61 Å². The number of hydrogen-bond acceptors (Lipinski definition) is 5. The minimum absolute atomic E-state index is 0.141. The molecule has 1 unspecified atom stereocenters. The van der Waals surface area contributed by atoms with Crippen LogP contribution in [0, 0.1) is 6.92 Å². The molecule has 2 heterocycles. The van der Waals surface area contributed by atoms with Gasteiger partial charge in [-0.1, -0.05) is 30.7 Å². The number of aryl methyl sites for hydroxylation is 2. The average Bonchev–Trinajstić information content (AvgIpc) is 3.53. The molecule has 3 aromatic carbocycles. The van der Waals surface area contributed by atoms with Gasteiger partial charge in [0.05, 0.1) is 40.2 Å². The molecule has 5 aromatic rings. The Bertz CT molecular complexity index is 1870. The highest BCUT2D eigenvalue weighted by Crippen LogP contribution is 2.35. The molecule has 0 spiro atoms. The Kier molecular flexibility index (Phi) is 8.46. The first-order chi connectivity index (χ1) is 20.8. The number of hydrogen-bond donors (Lipinski definition) is 3. The molecule has 0 aliphatic heterocycles. The molecule has 0 radical (unpaired) electrons. The predicted molar refractivity (Wildman–Crippen MR) is 173 cm³/mol. The van der Waals surface area contributed by atoms with E-state index in [-0.39, 0.29) is 24.9 Å². The van der Waals surface area contributed by atoms with E-state index in [1.54, 1.807) is 26.0 Å². The number of carbonyl (C=O) groups is 2. The fraction of sp³-hybridized carbons (Fsp3) is 0.324. The number of carboxylic acids is 1. The zero-order valence-electron chi connectivity index (χ0n) is 25.7. The Labute approximate surface area is 261 Å². The van der Waals surface area contributed by atoms with Crippen LogP contribution < -0.4 is 10.1 Å². The van der Waals surface area contributed by atoms with Crippen molar-refractivity contribution < 1.29 is 24.2 Å². The summed E-state index contributed by atoms with van der Waals surface area (Å²) < 4.78 is 14.1. The maximum atomic E-state index is 13.4. The van der Waals surface area contributed by atoms with Crippen LogP contribution in [0.25, 0.3) is 33.1 Å². The van der Waals surface area contributed by atoms with E-state index in [1.807, 2.05) is 58.3 Å². The zero-order chi connectivity index (χ0) is 31.8. The molecule has 0 saturated heterocycles. The molecule has 0 aliphatic carbocycles. The Morgan fingerprint density at radius 1 is 1.09 bits per heavy atom. The molecule has 230 valence electrons. The second kappa shape index (κ2) is 12.0. The number of aromatic nitrogens is 3. The van der Waals surface area contributed by atoms with E-state index in [0.717, 1.165) is 33.1 Å². The van der Waals surface area contributed by atoms with Gasteiger partial charge in [-0.15, -0.1) is 0 Å². The van der Waals surface area contributed by atoms with Crippen molar-refractivity contribution in [3.8, 4) is 22.9 Å². The fourth-order valence-corrected chi connectivity index (χ4v) is 5.36. The Morgan fingerprint density at radius 3 is 2.59 bits per heavy atom. The fourth-order valence-electron chi connectivity index (χ4n) is 5.08. The van der Waals surface area contributed by atoms with Gasteiger partial charge in [-0.05, 0) is 87.7 Å². The largest absolute Gasteiger partial charge is 0.481 e. The SMILES string of the molecule is CCC(C)(COC(C)(C)CC(=O)O)NC(=O)c1cc(Oc2nc3cc(-c4ccc5c(ccn5C)c4)c(Cl)cc3[nH]2)ccc1C. The van der Waals surface area contributed by atoms with Crippen LogP contribution in [0.2, 0.25) is 5.02 Å². The smallest absolute Gasteiger partial charge is 0.306 e. The van der Waals surface area contributed by atoms with E-state index in [9.17, 15) is 9.59 Å². The maximum absolute atomic E-state index is 13.4. The second-order valence-electron chi connectivity index (χ2n) is 12.2. The minimum atomic E-state index is -0.942. The number of nitrogens with zero attached hydrogens (tertiary/aromatic N) is 2. The molecule has 10 heteroatoms. The van der Waals surface area contributed by atoms with Gasteiger partial charge in [-0.3, -0.25) is 9.59 Å². The van der Waals surface area contributed by atoms with E-state index < -0.39 is 17.1 Å². The molecule has 44 heavy (non-hydrogen) atoms. The molecule has 0 fully saturated rings. The monoisotopic (exact) mass is 616 g/mol. The van der Waals surface area contributed by atoms with Crippen LogP contribution >= 0.6 is 11.6 Å². The summed E-state index contributed by atoms with van der Waals surface area (Å²) in [7, 11) is 2.01. The van der Waals surface area contributed by atoms with Crippen molar-refractivity contribution in [3.05, 3.63) is 76.9 Å². The minimum Gasteiger partial charge on any atom is -0.481 e. The summed E-state index contributed by atoms with van der Waals surface area (Å²) in [5.41, 5.74) is 4.06. The van der Waals surface area contributed by atoms with Gasteiger partial charge in [0.15, 0.2) is 0 Å². The van der Waals surface area contributed by atoms with Gasteiger partial charge < -0.3 is 29.4 Å². The number of nitrogens with one attached hydrogen (secondary N) is 2. The molecular formula is C34H37ClN4O5. The van der Waals surface area contributed by atoms with Gasteiger partial charge in [0.1, 0.15) is 5.75 Å². The van der Waals surface area contributed by atoms with E-state index in [4.69, 9.17) is 26.2 Å². The van der Waals surface area contributed by atoms with Crippen molar-refractivity contribution in [2.24, 2.45) is 7.05 Å². The highest BCUT2D eigenvalue weighted by atomic mass is 35.5. The second-order valence-corrected chi connectivity index (χ2v) is 12.6. The number of amides is 1. The lowest BCUT2D eigenvalue weighted by Crippen LogP contribution is -2.51. The van der Waals surface area contributed by atoms with Crippen LogP contribution in [-0.4, -0.2) is 49.3 Å². The number of aromatic amines is 1. The zero-order valence-corrected chi connectivity index (χ0v) is 26.5. The topological polar surface area (TPSA) is 118 Å². The number of aliphatic carboxylic acids is 1. The van der Waals surface area contributed by atoms with Crippen molar-refractivity contribution in [1.82, 2.24) is 19.9 Å². The first-order valence-electron chi connectivity index (χ1n) is 14.5. The van der Waals surface area contributed by atoms with Crippen molar-refractivity contribution in [2.45, 2.75) is 58.6 Å². The molecule has 1 amide bonds. The summed E-state index contributed by atoms with van der Waals surface area (Å²) in [4.78, 5) is 32.4. The van der Waals surface area contributed by atoms with Gasteiger partial charge in [0, 0.05) is 35.3 Å². The number of rotatable bonds is 11. The van der Waals surface area contributed by atoms with E-state index in [2.05, 4.69) is 38.1 Å². The lowest BCUT2D eigenvalue weighted by atomic mass is 9.97. The molecular weight excluding hydrogens is 580 g/mol. The number of H-pyrrole nitrogens is 1. The number of carboxylic acid groups (broad SMARTS) is 1. The normalized spacial score (nSPS) is 13.2. The molecule has 0 bridgehead atoms. The number of imidazole rings is 1. The van der Waals surface area contributed by atoms with Crippen molar-refractivity contribution in [1.29, 1.82) is 0 Å². The standard InChI is InChI=1S/C34H37ClN4O5/c1-7-34(5,19-43-33(3,4)18-30(40)41)38-31(42)24-15-23(10-8-20(24)2)44-32-36-27-16-25(26(35)17-28(27)37-32)21-9-11-29-22(14-21)12-13-39(29)6/h8-17H,7,18-19H2,1-6H3,(H,36,37)(H,38,42)(H,40,41). The predicted octanol–water partition coefficient (Wildman–Crippen LogP) is 7.64. The number of ether oxygens (including phenoxy) is 2. The molecule has 2 aromatic heterocycles. The van der Waals surface area contributed by atoms with Gasteiger partial charge in [-0.25, -0.2) is 0 Å². The highest BCUT2D eigenvalue weighted by molar-refractivity contribution is 6.34. The maximum Gasteiger partial charge on any atom is 0.306 e. The summed E-state index contributed by atoms with van der Waals surface area (Å²) in [6, 6.07) is 17.6. The molecule has 3 N–H and O–H groups in total. The number of halogens is 1. The van der Waals surface area contributed by atoms with Crippen LogP contribution in [0.1, 0.15) is 56.5 Å². The van der Waals surface area contributed by atoms with Crippen LogP contribution in [0.4, 0.5) is 0 Å². The molecule has 0 aliphatic rings. The quantitative estimate of drug-likeness (QED) is 0.140. The van der Waals surface area contributed by atoms with Gasteiger partial charge >= 0.3 is 5.97 Å². The molecule has 0 saturated carbocycles. The van der Waals surface area contributed by atoms with Crippen molar-refractivity contribution >= 4 is 45.4 Å². The van der Waals surface area contributed by atoms with Gasteiger partial charge in [0.2, 0.25) is 0 Å². The summed E-state index contributed by atoms with van der Waals surface area (Å²) in [6.07, 6.45) is 2.47. The third-order valence-corrected chi connectivity index (χ3v) is 8.28. The molecule has 1 atom stereocenters. The lowest BCUT2D eigenvalue weighted by molar-refractivity contribution is -0.144. The van der Waals surface area contributed by atoms with Gasteiger partial charge in [-0.2, -0.15) is 4.98 Å². The van der Waals surface area contributed by atoms with E-state index in [1.165, 1.54) is 0 Å². The third kappa shape index (κ3) is 6.74. The number of carbonyl (C=O) groups excluding carboxylic acids is 1. The molecule has 9 nitrogen and oxygen atoms in total. The summed E-state index contributed by atoms with van der Waals surface area (Å²) in [5.74, 6) is -0.784. The van der Waals surface area contributed by atoms with Crippen molar-refractivity contribution in [3.63, 3.8) is 0 Å². The van der Waals surface area contributed by atoms with Crippen LogP contribution in [-0.2, 0) is 16.6 Å². The Balaban J connectivity index is 1.34. The summed E-state index contributed by atoms with van der Waals surface area (Å²) in [6.45, 7) is 9.28. The van der Waals surface area contributed by atoms with Crippen LogP contribution in [0.5, 0.6) is 11.8 Å². The Morgan fingerprint density at radius 2 is 1.86 bits per heavy atom. The van der Waals surface area contributed by atoms with E-state index in [0.29, 0.717) is 28.3 Å². The van der Waals surface area contributed by atoms with Crippen LogP contribution in [0.3, 0.4) is 0 Å². The summed E-state index contributed by atoms with van der Waals surface area (Å²) >= 11 is 6.70. The van der Waals surface area contributed by atoms with E-state index >= 15 is 0 Å². The third-order valence-electron chi connectivity index (χ3n) is 7.97. The number of fused-ring (bicyclic) bond motifs is 2. The first-order valence-corrected chi connectivity index (χ1v) is 14.9. The average molecular weight is 617 g/mol. The van der Waals surface area contributed by atoms with Crippen LogP contribution in [0.15, 0.2) is 60.8 Å². The lowest BCUT2D eigenvalue weighted by Gasteiger charge is -2.34. The first kappa shape index (κ1) is 31.1. The highest BCUT2D eigenvalue weighted by Gasteiger charge is 2.31. The number of benzene rings is 3. The molecule has 5 rings (SSSR count). The van der Waals surface area contributed by atoms with Gasteiger partial charge in [0.25, 0.3) is 11.9 Å². The Hall–Kier alpha value is -4.34.